The number of phosphoric ester groups is 2. The number of ether oxygens (including phenoxy) is 3. The van der Waals surface area contributed by atoms with Crippen LogP contribution in [0.4, 0.5) is 0 Å². The molecule has 0 heterocycles. The Balaban J connectivity index is 4.58. The van der Waals surface area contributed by atoms with Gasteiger partial charge in [0.15, 0.2) is 6.10 Å². The Morgan fingerprint density at radius 1 is 0.225 bits per heavy atom. The van der Waals surface area contributed by atoms with Gasteiger partial charge in [-0.15, -0.1) is 0 Å². The molecule has 129 heavy (non-hydrogen) atoms. The van der Waals surface area contributed by atoms with Crippen LogP contribution < -0.4 is 0 Å². The Morgan fingerprint density at radius 3 is 0.651 bits per heavy atom. The van der Waals surface area contributed by atoms with Crippen molar-refractivity contribution in [2.75, 3.05) is 39.6 Å². The van der Waals surface area contributed by atoms with Gasteiger partial charge >= 0.3 is 33.6 Å². The lowest BCUT2D eigenvalue weighted by Crippen LogP contribution is -2.30. The normalized spacial score (nSPS) is 14.3. The van der Waals surface area contributed by atoms with Gasteiger partial charge in [0.25, 0.3) is 0 Å². The maximum atomic E-state index is 13.1. The minimum Gasteiger partial charge on any atom is -0.463 e. The summed E-state index contributed by atoms with van der Waals surface area (Å²) in [6.45, 7) is 2.51. The molecule has 4 N–H and O–H groups in total. The quantitative estimate of drug-likeness (QED) is 0.0146. The molecule has 0 aliphatic carbocycles. The zero-order valence-corrected chi connectivity index (χ0v) is 84.1. The fourth-order valence-electron chi connectivity index (χ4n) is 14.6. The zero-order chi connectivity index (χ0) is 93.5. The summed E-state index contributed by atoms with van der Waals surface area (Å²) in [5.41, 5.74) is 0. The Hall–Kier alpha value is -5.09. The van der Waals surface area contributed by atoms with Crippen molar-refractivity contribution in [3.05, 3.63) is 170 Å². The fraction of sp³-hybridized carbons (Fsp3) is 0.721. The van der Waals surface area contributed by atoms with Gasteiger partial charge in [-0.3, -0.25) is 32.5 Å². The molecule has 0 saturated carbocycles. The molecule has 0 aromatic carbocycles. The highest BCUT2D eigenvalue weighted by Gasteiger charge is 2.30. The van der Waals surface area contributed by atoms with Gasteiger partial charge in [-0.05, 0) is 154 Å². The highest BCUT2D eigenvalue weighted by atomic mass is 31.2. The first-order chi connectivity index (χ1) is 63.2. The summed E-state index contributed by atoms with van der Waals surface area (Å²) in [4.78, 5) is 59.3. The number of aliphatic hydroxyl groups excluding tert-OH is 2. The largest absolute Gasteiger partial charge is 0.472 e. The van der Waals surface area contributed by atoms with Crippen molar-refractivity contribution in [1.82, 2.24) is 0 Å². The number of esters is 3. The van der Waals surface area contributed by atoms with Crippen LogP contribution >= 0.6 is 15.6 Å². The average Bonchev–Trinajstić information content (AvgIpc) is 0.898. The second-order valence-electron chi connectivity index (χ2n) is 34.9. The van der Waals surface area contributed by atoms with E-state index in [9.17, 15) is 43.5 Å². The van der Waals surface area contributed by atoms with Gasteiger partial charge in [0, 0.05) is 19.3 Å². The minimum atomic E-state index is -4.95. The first-order valence-corrected chi connectivity index (χ1v) is 55.4. The predicted molar refractivity (Wildman–Crippen MR) is 546 cm³/mol. The Kier molecular flexibility index (Phi) is 97.8. The predicted octanol–water partition coefficient (Wildman–Crippen LogP) is 33.3. The molecule has 5 atom stereocenters. The summed E-state index contributed by atoms with van der Waals surface area (Å²) in [6.07, 6.45) is 134. The van der Waals surface area contributed by atoms with E-state index in [1.165, 1.54) is 231 Å². The smallest absolute Gasteiger partial charge is 0.463 e. The molecule has 0 aromatic rings. The molecule has 0 amide bonds. The molecule has 5 unspecified atom stereocenters. The van der Waals surface area contributed by atoms with E-state index in [0.29, 0.717) is 19.3 Å². The van der Waals surface area contributed by atoms with Gasteiger partial charge in [0.1, 0.15) is 25.4 Å². The molecular formula is C111H192O16P2. The minimum absolute atomic E-state index is 0.101. The Morgan fingerprint density at radius 2 is 0.411 bits per heavy atom. The molecule has 16 nitrogen and oxygen atoms in total. The Labute approximate surface area is 790 Å². The van der Waals surface area contributed by atoms with Gasteiger partial charge in [0.2, 0.25) is 0 Å². The second-order valence-corrected chi connectivity index (χ2v) is 37.8. The van der Waals surface area contributed by atoms with Gasteiger partial charge in [0.05, 0.1) is 26.4 Å². The molecule has 0 bridgehead atoms. The summed E-state index contributed by atoms with van der Waals surface area (Å²) >= 11 is 0. The van der Waals surface area contributed by atoms with Crippen LogP contribution in [0.3, 0.4) is 0 Å². The fourth-order valence-corrected chi connectivity index (χ4v) is 16.1. The van der Waals surface area contributed by atoms with E-state index in [2.05, 4.69) is 191 Å². The van der Waals surface area contributed by atoms with Crippen molar-refractivity contribution >= 4 is 33.6 Å². The summed E-state index contributed by atoms with van der Waals surface area (Å²) < 4.78 is 61.8. The lowest BCUT2D eigenvalue weighted by Gasteiger charge is -2.21. The lowest BCUT2D eigenvalue weighted by atomic mass is 10.0. The number of carbonyl (C=O) groups is 3. The van der Waals surface area contributed by atoms with E-state index in [0.717, 1.165) is 167 Å². The maximum absolute atomic E-state index is 13.1. The third-order valence-electron chi connectivity index (χ3n) is 22.4. The number of unbranched alkanes of at least 4 members (excludes halogenated alkanes) is 48. The maximum Gasteiger partial charge on any atom is 0.472 e. The molecule has 0 saturated heterocycles. The van der Waals surface area contributed by atoms with Crippen LogP contribution in [-0.2, 0) is 55.8 Å². The van der Waals surface area contributed by atoms with E-state index in [-0.39, 0.29) is 19.3 Å². The van der Waals surface area contributed by atoms with Gasteiger partial charge in [-0.25, -0.2) is 9.13 Å². The summed E-state index contributed by atoms with van der Waals surface area (Å²) in [6, 6.07) is 0. The van der Waals surface area contributed by atoms with E-state index in [4.69, 9.17) is 32.3 Å². The van der Waals surface area contributed by atoms with Crippen LogP contribution in [0.2, 0.25) is 0 Å². The topological polar surface area (TPSA) is 231 Å². The van der Waals surface area contributed by atoms with Crippen LogP contribution in [-0.4, -0.2) is 95.9 Å². The molecule has 0 aliphatic heterocycles. The molecule has 0 aliphatic rings. The number of hydrogen-bond acceptors (Lipinski definition) is 14. The van der Waals surface area contributed by atoms with E-state index in [1.54, 1.807) is 0 Å². The van der Waals surface area contributed by atoms with Crippen molar-refractivity contribution < 1.29 is 75.8 Å². The van der Waals surface area contributed by atoms with Crippen molar-refractivity contribution in [1.29, 1.82) is 0 Å². The summed E-state index contributed by atoms with van der Waals surface area (Å²) in [5.74, 6) is -1.56. The molecule has 18 heteroatoms. The highest BCUT2D eigenvalue weighted by Crippen LogP contribution is 2.45. The van der Waals surface area contributed by atoms with Crippen LogP contribution in [0.25, 0.3) is 0 Å². The van der Waals surface area contributed by atoms with Crippen LogP contribution in [0.5, 0.6) is 0 Å². The monoisotopic (exact) mass is 1840 g/mol. The molecule has 742 valence electrons. The molecule has 0 rings (SSSR count). The standard InChI is InChI=1S/C111H192O16P2/c1-4-7-10-13-16-19-22-25-28-31-34-37-40-43-46-49-50-51-52-53-54-57-59-61-64-67-70-73-76-79-82-85-88-91-94-97-109(114)121-100-106(112)101-123-128(117,118)124-102-107(113)103-125-129(119,120)126-105-108(127-111(116)99-96-93-90-87-84-81-78-75-72-69-66-63-60-56-48-45-42-39-36-33-30-27-24-21-18-15-12-9-6-3)104-122-110(115)98-95-92-89-86-83-80-77-74-71-68-65-62-58-55-47-44-41-38-35-32-29-26-23-20-17-14-11-8-5-2/h7-8,10-11,16-21,25-30,34-39,43-48,106-108,112-113H,4-6,9,12-15,22-24,31-33,40-42,49-105H2,1-3H3,(H,117,118)(H,119,120)/b10-7-,11-8-,19-16-,20-17-,21-18-,28-25-,29-26-,30-27-,37-34-,38-35-,39-36-,46-43-,47-44-,48-45-. The molecular weight excluding hydrogens is 1650 g/mol. The molecule has 0 radical (unpaired) electrons. The number of aliphatic hydroxyl groups is 2. The number of phosphoric acid groups is 2. The van der Waals surface area contributed by atoms with Gasteiger partial charge in [-0.1, -0.05) is 454 Å². The molecule has 0 spiro atoms. The third kappa shape index (κ3) is 103. The second kappa shape index (κ2) is 102. The van der Waals surface area contributed by atoms with Crippen molar-refractivity contribution in [2.24, 2.45) is 0 Å². The molecule has 0 aromatic heterocycles. The Bertz CT molecular complexity index is 3030. The molecule has 0 fully saturated rings. The van der Waals surface area contributed by atoms with Crippen LogP contribution in [0, 0.1) is 0 Å². The van der Waals surface area contributed by atoms with E-state index < -0.39 is 91.5 Å². The van der Waals surface area contributed by atoms with Crippen molar-refractivity contribution in [3.63, 3.8) is 0 Å². The third-order valence-corrected chi connectivity index (χ3v) is 24.3. The van der Waals surface area contributed by atoms with Crippen molar-refractivity contribution in [2.45, 2.75) is 476 Å². The van der Waals surface area contributed by atoms with Crippen LogP contribution in [0.1, 0.15) is 457 Å². The van der Waals surface area contributed by atoms with E-state index >= 15 is 0 Å². The first-order valence-electron chi connectivity index (χ1n) is 52.4. The SMILES string of the molecule is CC/C=C\C/C=C\C/C=C\C/C=C\C/C=C\CCCCCCCCCCCCCCCCCCCCCC(=O)OCC(O)COP(=O)(O)OCC(O)COP(=O)(O)OCC(COC(=O)CCCCCCCCCCCCCCC/C=C\C/C=C\C/C=C\C/C=C\C/C=C\CC)OC(=O)CCCCCCCCCCCCCCC/C=C\C/C=C\C/C=C\C/C=C\CCCCC. The lowest BCUT2D eigenvalue weighted by molar-refractivity contribution is -0.161. The van der Waals surface area contributed by atoms with E-state index in [1.807, 2.05) is 0 Å². The highest BCUT2D eigenvalue weighted by molar-refractivity contribution is 7.47. The van der Waals surface area contributed by atoms with Gasteiger partial charge in [-0.2, -0.15) is 0 Å². The summed E-state index contributed by atoms with van der Waals surface area (Å²) in [5, 5.41) is 20.8. The number of allylic oxidation sites excluding steroid dienone is 28. The zero-order valence-electron chi connectivity index (χ0n) is 82.3. The first kappa shape index (κ1) is 124. The number of rotatable bonds is 99. The number of carbonyl (C=O) groups excluding carboxylic acids is 3. The average molecular weight is 1840 g/mol. The summed E-state index contributed by atoms with van der Waals surface area (Å²) in [7, 11) is -9.82. The van der Waals surface area contributed by atoms with Gasteiger partial charge < -0.3 is 34.2 Å². The number of hydrogen-bond donors (Lipinski definition) is 4. The van der Waals surface area contributed by atoms with Crippen LogP contribution in [0.15, 0.2) is 170 Å². The van der Waals surface area contributed by atoms with Crippen molar-refractivity contribution in [3.8, 4) is 0 Å².